The van der Waals surface area contributed by atoms with Crippen molar-refractivity contribution in [2.75, 3.05) is 23.3 Å². The normalized spacial score (nSPS) is 10.6. The summed E-state index contributed by atoms with van der Waals surface area (Å²) >= 11 is 5.78. The number of benzene rings is 2. The first-order valence-electron chi connectivity index (χ1n) is 8.74. The summed E-state index contributed by atoms with van der Waals surface area (Å²) in [5.41, 5.74) is 4.93. The van der Waals surface area contributed by atoms with Crippen LogP contribution in [0.25, 0.3) is 0 Å². The molecule has 142 valence electrons. The van der Waals surface area contributed by atoms with Crippen molar-refractivity contribution >= 4 is 41.0 Å². The van der Waals surface area contributed by atoms with Crippen molar-refractivity contribution in [3.8, 4) is 0 Å². The quantitative estimate of drug-likeness (QED) is 0.413. The maximum absolute atomic E-state index is 11.8. The van der Waals surface area contributed by atoms with E-state index in [9.17, 15) is 9.59 Å². The summed E-state index contributed by atoms with van der Waals surface area (Å²) in [4.78, 5) is 25.9. The van der Waals surface area contributed by atoms with E-state index in [1.807, 2.05) is 24.3 Å². The van der Waals surface area contributed by atoms with Crippen LogP contribution in [-0.4, -0.2) is 31.1 Å². The Balaban J connectivity index is 1.80. The van der Waals surface area contributed by atoms with E-state index in [2.05, 4.69) is 34.6 Å². The minimum absolute atomic E-state index is 0.319. The summed E-state index contributed by atoms with van der Waals surface area (Å²) in [7, 11) is 0. The number of carbonyl (C=O) groups is 2. The molecule has 2 amide bonds. The maximum atomic E-state index is 11.8. The Bertz CT molecular complexity index is 785. The van der Waals surface area contributed by atoms with E-state index >= 15 is 0 Å². The molecule has 2 aromatic rings. The molecule has 0 fully saturated rings. The second kappa shape index (κ2) is 10.3. The second-order valence-electron chi connectivity index (χ2n) is 5.79. The highest BCUT2D eigenvalue weighted by Gasteiger charge is 2.09. The standard InChI is InChI=1S/C20H23ClN4O2/c1-3-25(4-2)18-11-5-15(6-12-18)14-22-24-20(27)13-19(26)23-17-9-7-16(21)8-10-17/h5-12,14H,3-4,13H2,1-2H3,(H,23,26)(H,24,27). The molecule has 0 saturated carbocycles. The van der Waals surface area contributed by atoms with Crippen LogP contribution in [-0.2, 0) is 9.59 Å². The summed E-state index contributed by atoms with van der Waals surface area (Å²) in [6.07, 6.45) is 1.22. The molecule has 27 heavy (non-hydrogen) atoms. The molecule has 2 N–H and O–H groups in total. The largest absolute Gasteiger partial charge is 0.372 e. The minimum Gasteiger partial charge on any atom is -0.372 e. The van der Waals surface area contributed by atoms with Crippen LogP contribution >= 0.6 is 11.6 Å². The lowest BCUT2D eigenvalue weighted by Crippen LogP contribution is -2.24. The maximum Gasteiger partial charge on any atom is 0.249 e. The first-order chi connectivity index (χ1) is 13.0. The van der Waals surface area contributed by atoms with E-state index in [1.165, 1.54) is 0 Å². The Hall–Kier alpha value is -2.86. The van der Waals surface area contributed by atoms with Gasteiger partial charge < -0.3 is 10.2 Å². The molecule has 6 nitrogen and oxygen atoms in total. The fraction of sp³-hybridized carbons (Fsp3) is 0.250. The van der Waals surface area contributed by atoms with Gasteiger partial charge in [-0.1, -0.05) is 23.7 Å². The van der Waals surface area contributed by atoms with E-state index in [0.29, 0.717) is 10.7 Å². The van der Waals surface area contributed by atoms with Gasteiger partial charge in [0, 0.05) is 29.5 Å². The molecule has 0 aromatic heterocycles. The molecule has 0 saturated heterocycles. The van der Waals surface area contributed by atoms with E-state index in [1.54, 1.807) is 30.5 Å². The van der Waals surface area contributed by atoms with E-state index in [0.717, 1.165) is 24.3 Å². The summed E-state index contributed by atoms with van der Waals surface area (Å²) in [5, 5.41) is 7.09. The molecule has 2 aromatic carbocycles. The van der Waals surface area contributed by atoms with Crippen LogP contribution in [0.1, 0.15) is 25.8 Å². The third-order valence-corrected chi connectivity index (χ3v) is 4.13. The van der Waals surface area contributed by atoms with Gasteiger partial charge in [0.1, 0.15) is 6.42 Å². The van der Waals surface area contributed by atoms with E-state index < -0.39 is 11.8 Å². The number of nitrogens with zero attached hydrogens (tertiary/aromatic N) is 2. The van der Waals surface area contributed by atoms with Gasteiger partial charge in [-0.15, -0.1) is 0 Å². The summed E-state index contributed by atoms with van der Waals surface area (Å²) in [6.45, 7) is 6.10. The number of hydrazone groups is 1. The molecule has 0 spiro atoms. The Labute approximate surface area is 164 Å². The van der Waals surface area contributed by atoms with Crippen molar-refractivity contribution in [1.29, 1.82) is 0 Å². The Morgan fingerprint density at radius 2 is 1.63 bits per heavy atom. The Morgan fingerprint density at radius 1 is 1.00 bits per heavy atom. The minimum atomic E-state index is -0.488. The molecular formula is C20H23ClN4O2. The van der Waals surface area contributed by atoms with Crippen LogP contribution in [0.4, 0.5) is 11.4 Å². The van der Waals surface area contributed by atoms with Gasteiger partial charge in [0.2, 0.25) is 11.8 Å². The zero-order chi connectivity index (χ0) is 19.6. The lowest BCUT2D eigenvalue weighted by molar-refractivity contribution is -0.126. The van der Waals surface area contributed by atoms with Crippen molar-refractivity contribution in [3.63, 3.8) is 0 Å². The molecular weight excluding hydrogens is 364 g/mol. The van der Waals surface area contributed by atoms with E-state index in [4.69, 9.17) is 11.6 Å². The van der Waals surface area contributed by atoms with Gasteiger partial charge in [-0.2, -0.15) is 5.10 Å². The van der Waals surface area contributed by atoms with Gasteiger partial charge in [0.25, 0.3) is 0 Å². The number of anilines is 2. The molecule has 2 rings (SSSR count). The number of amides is 2. The van der Waals surface area contributed by atoms with Crippen LogP contribution in [0.5, 0.6) is 0 Å². The molecule has 0 aliphatic rings. The highest BCUT2D eigenvalue weighted by atomic mass is 35.5. The number of nitrogens with one attached hydrogen (secondary N) is 2. The molecule has 0 atom stereocenters. The number of carbonyl (C=O) groups excluding carboxylic acids is 2. The monoisotopic (exact) mass is 386 g/mol. The van der Waals surface area contributed by atoms with Crippen molar-refractivity contribution in [1.82, 2.24) is 5.43 Å². The number of hydrogen-bond acceptors (Lipinski definition) is 4. The summed E-state index contributed by atoms with van der Waals surface area (Å²) in [6, 6.07) is 14.5. The van der Waals surface area contributed by atoms with Gasteiger partial charge in [0.15, 0.2) is 0 Å². The second-order valence-corrected chi connectivity index (χ2v) is 6.23. The lowest BCUT2D eigenvalue weighted by atomic mass is 10.2. The highest BCUT2D eigenvalue weighted by molar-refractivity contribution is 6.30. The van der Waals surface area contributed by atoms with Crippen LogP contribution in [0.15, 0.2) is 53.6 Å². The fourth-order valence-electron chi connectivity index (χ4n) is 2.46. The van der Waals surface area contributed by atoms with Crippen LogP contribution in [0.2, 0.25) is 5.02 Å². The predicted octanol–water partition coefficient (Wildman–Crippen LogP) is 3.67. The molecule has 0 bridgehead atoms. The fourth-order valence-corrected chi connectivity index (χ4v) is 2.59. The van der Waals surface area contributed by atoms with Crippen molar-refractivity contribution in [3.05, 3.63) is 59.1 Å². The number of halogens is 1. The summed E-state index contributed by atoms with van der Waals surface area (Å²) in [5.74, 6) is -0.911. The molecule has 0 aliphatic carbocycles. The summed E-state index contributed by atoms with van der Waals surface area (Å²) < 4.78 is 0. The molecule has 0 aliphatic heterocycles. The Morgan fingerprint density at radius 3 is 2.22 bits per heavy atom. The van der Waals surface area contributed by atoms with Gasteiger partial charge in [-0.3, -0.25) is 9.59 Å². The van der Waals surface area contributed by atoms with Crippen LogP contribution in [0, 0.1) is 0 Å². The third-order valence-electron chi connectivity index (χ3n) is 3.87. The predicted molar refractivity (Wildman–Crippen MR) is 110 cm³/mol. The van der Waals surface area contributed by atoms with Crippen LogP contribution in [0.3, 0.4) is 0 Å². The lowest BCUT2D eigenvalue weighted by Gasteiger charge is -2.20. The smallest absolute Gasteiger partial charge is 0.249 e. The van der Waals surface area contributed by atoms with Crippen molar-refractivity contribution < 1.29 is 9.59 Å². The topological polar surface area (TPSA) is 73.8 Å². The molecule has 0 unspecified atom stereocenters. The van der Waals surface area contributed by atoms with E-state index in [-0.39, 0.29) is 6.42 Å². The van der Waals surface area contributed by atoms with Gasteiger partial charge in [-0.25, -0.2) is 5.43 Å². The van der Waals surface area contributed by atoms with Crippen molar-refractivity contribution in [2.45, 2.75) is 20.3 Å². The highest BCUT2D eigenvalue weighted by Crippen LogP contribution is 2.14. The van der Waals surface area contributed by atoms with Gasteiger partial charge >= 0.3 is 0 Å². The number of rotatable bonds is 8. The molecule has 0 radical (unpaired) electrons. The SMILES string of the molecule is CCN(CC)c1ccc(C=NNC(=O)CC(=O)Nc2ccc(Cl)cc2)cc1. The zero-order valence-electron chi connectivity index (χ0n) is 15.4. The number of hydrogen-bond donors (Lipinski definition) is 2. The first kappa shape index (κ1) is 20.5. The zero-order valence-corrected chi connectivity index (χ0v) is 16.2. The Kier molecular flexibility index (Phi) is 7.82. The first-order valence-corrected chi connectivity index (χ1v) is 9.12. The van der Waals surface area contributed by atoms with Crippen LogP contribution < -0.4 is 15.6 Å². The van der Waals surface area contributed by atoms with Crippen molar-refractivity contribution in [2.24, 2.45) is 5.10 Å². The third kappa shape index (κ3) is 6.75. The van der Waals surface area contributed by atoms with Gasteiger partial charge in [0.05, 0.1) is 6.21 Å². The van der Waals surface area contributed by atoms with Gasteiger partial charge in [-0.05, 0) is 55.8 Å². The average molecular weight is 387 g/mol. The molecule has 7 heteroatoms. The average Bonchev–Trinajstić information content (AvgIpc) is 2.66. The molecule has 0 heterocycles.